The normalized spacial score (nSPS) is 22.0. The summed E-state index contributed by atoms with van der Waals surface area (Å²) in [5, 5.41) is 9.97. The molecule has 7 nitrogen and oxygen atoms in total. The minimum atomic E-state index is -0.504. The van der Waals surface area contributed by atoms with Crippen LogP contribution in [0.5, 0.6) is 0 Å². The van der Waals surface area contributed by atoms with Gasteiger partial charge in [0.1, 0.15) is 5.82 Å². The lowest BCUT2D eigenvalue weighted by atomic mass is 10.1. The predicted molar refractivity (Wildman–Crippen MR) is 112 cm³/mol. The van der Waals surface area contributed by atoms with Crippen molar-refractivity contribution in [1.82, 2.24) is 14.7 Å². The van der Waals surface area contributed by atoms with Gasteiger partial charge in [-0.05, 0) is 18.6 Å². The second-order valence-electron chi connectivity index (χ2n) is 8.00. The maximum absolute atomic E-state index is 14.3. The Balaban J connectivity index is 1.65. The van der Waals surface area contributed by atoms with Gasteiger partial charge in [0.05, 0.1) is 37.6 Å². The SMILES string of the molecule is CCC(O)CN1CCOC(CN(CCN2CCOCC2)C(=O)c2ccccc2F)C1. The van der Waals surface area contributed by atoms with Crippen molar-refractivity contribution >= 4 is 5.91 Å². The molecule has 0 spiro atoms. The minimum Gasteiger partial charge on any atom is -0.392 e. The maximum Gasteiger partial charge on any atom is 0.256 e. The molecular formula is C22H34FN3O4. The van der Waals surface area contributed by atoms with E-state index in [0.717, 1.165) is 19.6 Å². The van der Waals surface area contributed by atoms with Crippen molar-refractivity contribution in [2.75, 3.05) is 72.2 Å². The van der Waals surface area contributed by atoms with Crippen molar-refractivity contribution in [2.45, 2.75) is 25.6 Å². The highest BCUT2D eigenvalue weighted by Gasteiger charge is 2.27. The first-order chi connectivity index (χ1) is 14.6. The molecule has 2 heterocycles. The van der Waals surface area contributed by atoms with E-state index in [2.05, 4.69) is 9.80 Å². The van der Waals surface area contributed by atoms with E-state index in [9.17, 15) is 14.3 Å². The summed E-state index contributed by atoms with van der Waals surface area (Å²) in [4.78, 5) is 19.3. The van der Waals surface area contributed by atoms with E-state index in [-0.39, 0.29) is 23.7 Å². The molecule has 3 rings (SSSR count). The zero-order valence-corrected chi connectivity index (χ0v) is 17.8. The summed E-state index contributed by atoms with van der Waals surface area (Å²) in [6.07, 6.45) is 0.184. The highest BCUT2D eigenvalue weighted by Crippen LogP contribution is 2.14. The van der Waals surface area contributed by atoms with Crippen LogP contribution in [0.1, 0.15) is 23.7 Å². The lowest BCUT2D eigenvalue weighted by molar-refractivity contribution is -0.0517. The number of nitrogens with zero attached hydrogens (tertiary/aromatic N) is 3. The Bertz CT molecular complexity index is 672. The highest BCUT2D eigenvalue weighted by molar-refractivity contribution is 5.94. The molecular weight excluding hydrogens is 389 g/mol. The van der Waals surface area contributed by atoms with E-state index < -0.39 is 5.82 Å². The van der Waals surface area contributed by atoms with Crippen LogP contribution in [0.3, 0.4) is 0 Å². The number of β-amino-alcohol motifs (C(OH)–C–C–N with tert-alkyl or cyclic N) is 1. The Labute approximate surface area is 178 Å². The van der Waals surface area contributed by atoms with E-state index in [1.54, 1.807) is 17.0 Å². The fraction of sp³-hybridized carbons (Fsp3) is 0.682. The molecule has 168 valence electrons. The Kier molecular flexibility index (Phi) is 9.02. The van der Waals surface area contributed by atoms with E-state index in [0.29, 0.717) is 59.0 Å². The average Bonchev–Trinajstić information content (AvgIpc) is 2.77. The Morgan fingerprint density at radius 3 is 2.70 bits per heavy atom. The second-order valence-corrected chi connectivity index (χ2v) is 8.00. The molecule has 0 radical (unpaired) electrons. The maximum atomic E-state index is 14.3. The van der Waals surface area contributed by atoms with Crippen LogP contribution < -0.4 is 0 Å². The van der Waals surface area contributed by atoms with E-state index in [4.69, 9.17) is 9.47 Å². The molecule has 1 amide bonds. The zero-order valence-electron chi connectivity index (χ0n) is 17.8. The molecule has 0 aromatic heterocycles. The van der Waals surface area contributed by atoms with E-state index in [1.807, 2.05) is 6.92 Å². The lowest BCUT2D eigenvalue weighted by Gasteiger charge is -2.37. The largest absolute Gasteiger partial charge is 0.392 e. The molecule has 0 bridgehead atoms. The minimum absolute atomic E-state index is 0.0912. The number of carbonyl (C=O) groups excluding carboxylic acids is 1. The van der Waals surface area contributed by atoms with Gasteiger partial charge in [-0.2, -0.15) is 0 Å². The topological polar surface area (TPSA) is 65.5 Å². The van der Waals surface area contributed by atoms with Crippen LogP contribution in [-0.2, 0) is 9.47 Å². The zero-order chi connectivity index (χ0) is 21.3. The number of aliphatic hydroxyl groups is 1. The quantitative estimate of drug-likeness (QED) is 0.641. The number of benzene rings is 1. The number of hydrogen-bond acceptors (Lipinski definition) is 6. The first-order valence-electron chi connectivity index (χ1n) is 10.9. The van der Waals surface area contributed by atoms with Crippen molar-refractivity contribution in [3.63, 3.8) is 0 Å². The Hall–Kier alpha value is -1.58. The van der Waals surface area contributed by atoms with E-state index in [1.165, 1.54) is 12.1 Å². The molecule has 0 aliphatic carbocycles. The number of hydrogen-bond donors (Lipinski definition) is 1. The van der Waals surface area contributed by atoms with Crippen LogP contribution in [0.4, 0.5) is 4.39 Å². The van der Waals surface area contributed by atoms with Crippen LogP contribution in [0.25, 0.3) is 0 Å². The van der Waals surface area contributed by atoms with Crippen molar-refractivity contribution in [2.24, 2.45) is 0 Å². The third-order valence-electron chi connectivity index (χ3n) is 5.77. The number of halogens is 1. The summed E-state index contributed by atoms with van der Waals surface area (Å²) in [5.41, 5.74) is 0.0912. The molecule has 1 aromatic rings. The standard InChI is InChI=1S/C22H34FN3O4/c1-2-18(27)15-25-11-14-30-19(16-25)17-26(8-7-24-9-12-29-13-10-24)22(28)20-5-3-4-6-21(20)23/h3-6,18-19,27H,2,7-17H2,1H3. The van der Waals surface area contributed by atoms with Gasteiger partial charge in [0.2, 0.25) is 0 Å². The summed E-state index contributed by atoms with van der Waals surface area (Å²) in [6.45, 7) is 9.23. The monoisotopic (exact) mass is 423 g/mol. The number of amides is 1. The third kappa shape index (κ3) is 6.72. The second kappa shape index (κ2) is 11.7. The number of ether oxygens (including phenoxy) is 2. The van der Waals surface area contributed by atoms with Gasteiger partial charge in [-0.15, -0.1) is 0 Å². The molecule has 2 saturated heterocycles. The molecule has 1 aromatic carbocycles. The van der Waals surface area contributed by atoms with Gasteiger partial charge >= 0.3 is 0 Å². The summed E-state index contributed by atoms with van der Waals surface area (Å²) in [5.74, 6) is -0.813. The van der Waals surface area contributed by atoms with E-state index >= 15 is 0 Å². The fourth-order valence-corrected chi connectivity index (χ4v) is 3.90. The average molecular weight is 424 g/mol. The molecule has 8 heteroatoms. The first-order valence-corrected chi connectivity index (χ1v) is 10.9. The van der Waals surface area contributed by atoms with Gasteiger partial charge in [-0.1, -0.05) is 19.1 Å². The Morgan fingerprint density at radius 2 is 1.97 bits per heavy atom. The van der Waals surface area contributed by atoms with Crippen molar-refractivity contribution < 1.29 is 23.8 Å². The van der Waals surface area contributed by atoms with Crippen LogP contribution in [0, 0.1) is 5.82 Å². The van der Waals surface area contributed by atoms with Crippen molar-refractivity contribution in [3.8, 4) is 0 Å². The van der Waals surface area contributed by atoms with Gasteiger partial charge in [-0.3, -0.25) is 14.6 Å². The smallest absolute Gasteiger partial charge is 0.256 e. The summed E-state index contributed by atoms with van der Waals surface area (Å²) in [6, 6.07) is 6.12. The molecule has 2 aliphatic heterocycles. The van der Waals surface area contributed by atoms with Crippen LogP contribution in [-0.4, -0.2) is 110 Å². The van der Waals surface area contributed by atoms with Crippen molar-refractivity contribution in [1.29, 1.82) is 0 Å². The third-order valence-corrected chi connectivity index (χ3v) is 5.77. The first kappa shape index (κ1) is 23.1. The van der Waals surface area contributed by atoms with Crippen LogP contribution >= 0.6 is 0 Å². The summed E-state index contributed by atoms with van der Waals surface area (Å²) in [7, 11) is 0. The van der Waals surface area contributed by atoms with Gasteiger partial charge in [0, 0.05) is 52.4 Å². The van der Waals surface area contributed by atoms with Gasteiger partial charge < -0.3 is 19.5 Å². The predicted octanol–water partition coefficient (Wildman–Crippen LogP) is 1.07. The van der Waals surface area contributed by atoms with Crippen molar-refractivity contribution in [3.05, 3.63) is 35.6 Å². The van der Waals surface area contributed by atoms with Crippen LogP contribution in [0.2, 0.25) is 0 Å². The molecule has 2 atom stereocenters. The highest BCUT2D eigenvalue weighted by atomic mass is 19.1. The van der Waals surface area contributed by atoms with Gasteiger partial charge in [0.15, 0.2) is 0 Å². The fourth-order valence-electron chi connectivity index (χ4n) is 3.90. The molecule has 2 aliphatic rings. The number of morpholine rings is 2. The summed E-state index contributed by atoms with van der Waals surface area (Å²) < 4.78 is 25.6. The molecule has 30 heavy (non-hydrogen) atoms. The number of carbonyl (C=O) groups is 1. The number of rotatable bonds is 9. The Morgan fingerprint density at radius 1 is 1.23 bits per heavy atom. The molecule has 2 fully saturated rings. The number of aliphatic hydroxyl groups excluding tert-OH is 1. The molecule has 2 unspecified atom stereocenters. The lowest BCUT2D eigenvalue weighted by Crippen LogP contribution is -2.51. The summed E-state index contributed by atoms with van der Waals surface area (Å²) >= 11 is 0. The van der Waals surface area contributed by atoms with Gasteiger partial charge in [0.25, 0.3) is 5.91 Å². The molecule has 1 N–H and O–H groups in total. The van der Waals surface area contributed by atoms with Crippen LogP contribution in [0.15, 0.2) is 24.3 Å². The van der Waals surface area contributed by atoms with Gasteiger partial charge in [-0.25, -0.2) is 4.39 Å². The molecule has 0 saturated carbocycles.